The fraction of sp³-hybridized carbons (Fsp3) is 0.318. The van der Waals surface area contributed by atoms with Gasteiger partial charge in [0.25, 0.3) is 11.8 Å². The summed E-state index contributed by atoms with van der Waals surface area (Å²) in [7, 11) is -2.13. The summed E-state index contributed by atoms with van der Waals surface area (Å²) in [6.07, 6.45) is 1.04. The molecule has 0 saturated carbocycles. The molecule has 0 aliphatic carbocycles. The summed E-state index contributed by atoms with van der Waals surface area (Å²) in [5, 5.41) is 2.55. The number of amides is 3. The summed E-state index contributed by atoms with van der Waals surface area (Å²) in [6.45, 7) is 3.41. The van der Waals surface area contributed by atoms with Crippen molar-refractivity contribution in [1.29, 1.82) is 0 Å². The zero-order chi connectivity index (χ0) is 23.6. The van der Waals surface area contributed by atoms with Crippen LogP contribution in [-0.2, 0) is 14.6 Å². The number of nitrogens with one attached hydrogen (secondary N) is 1. The van der Waals surface area contributed by atoms with Gasteiger partial charge >= 0.3 is 0 Å². The van der Waals surface area contributed by atoms with E-state index in [9.17, 15) is 22.8 Å². The van der Waals surface area contributed by atoms with Crippen molar-refractivity contribution in [2.75, 3.05) is 31.0 Å². The molecule has 3 amide bonds. The molecule has 10 heteroatoms. The molecule has 0 fully saturated rings. The molecule has 0 saturated heterocycles. The second-order valence-corrected chi connectivity index (χ2v) is 9.53. The fourth-order valence-electron chi connectivity index (χ4n) is 3.66. The number of nitrogens with zero attached hydrogens (tertiary/aromatic N) is 1. The van der Waals surface area contributed by atoms with E-state index >= 15 is 0 Å². The Morgan fingerprint density at radius 3 is 2.44 bits per heavy atom. The standard InChI is InChI=1S/C22H24N2O7S/c1-5-31-19-11-14(9-10-18(19)30-3)17(12-32(4,28)29)24-21(26)15-7-6-8-16(23-13(2)25)20(15)22(24)27/h6-11,17H,5,12H2,1-4H3,(H,23,25)/t17-/m1/s1/i23+1. The number of imide groups is 1. The monoisotopic (exact) mass is 461 g/mol. The van der Waals surface area contributed by atoms with Crippen molar-refractivity contribution >= 4 is 33.2 Å². The Balaban J connectivity index is 2.13. The van der Waals surface area contributed by atoms with E-state index in [0.717, 1.165) is 11.2 Å². The number of rotatable bonds is 8. The summed E-state index contributed by atoms with van der Waals surface area (Å²) in [6, 6.07) is 8.18. The number of methoxy groups -OCH3 is 1. The highest BCUT2D eigenvalue weighted by Crippen LogP contribution is 2.38. The van der Waals surface area contributed by atoms with Gasteiger partial charge in [0.15, 0.2) is 11.5 Å². The van der Waals surface area contributed by atoms with E-state index in [-0.39, 0.29) is 16.8 Å². The van der Waals surface area contributed by atoms with E-state index in [1.807, 2.05) is 0 Å². The minimum atomic E-state index is -3.60. The third-order valence-electron chi connectivity index (χ3n) is 4.90. The molecule has 2 aromatic carbocycles. The number of hydrogen-bond acceptors (Lipinski definition) is 7. The molecular weight excluding hydrogens is 437 g/mol. The van der Waals surface area contributed by atoms with E-state index < -0.39 is 39.4 Å². The molecule has 1 atom stereocenters. The van der Waals surface area contributed by atoms with Crippen LogP contribution in [0.15, 0.2) is 36.4 Å². The molecule has 3 rings (SSSR count). The molecular formula is C22H24N2O7S. The van der Waals surface area contributed by atoms with Gasteiger partial charge in [0, 0.05) is 13.2 Å². The lowest BCUT2D eigenvalue weighted by Crippen LogP contribution is -2.37. The SMILES string of the molecule is CCOc1cc([C@@H](CS(C)(=O)=O)N2C(=O)c3cccc([15NH]C(C)=O)c3C2=O)ccc1OC. The molecule has 0 unspecified atom stereocenters. The first-order valence-electron chi connectivity index (χ1n) is 9.84. The van der Waals surface area contributed by atoms with Crippen LogP contribution in [0.3, 0.4) is 0 Å². The van der Waals surface area contributed by atoms with Gasteiger partial charge in [-0.3, -0.25) is 19.3 Å². The number of ether oxygens (including phenoxy) is 2. The zero-order valence-electron chi connectivity index (χ0n) is 18.2. The first-order valence-corrected chi connectivity index (χ1v) is 11.9. The maximum Gasteiger partial charge on any atom is 0.264 e. The molecule has 0 bridgehead atoms. The van der Waals surface area contributed by atoms with Crippen molar-refractivity contribution < 1.29 is 32.3 Å². The Kier molecular flexibility index (Phi) is 6.54. The summed E-state index contributed by atoms with van der Waals surface area (Å²) in [5.41, 5.74) is 0.719. The van der Waals surface area contributed by atoms with Crippen molar-refractivity contribution in [3.05, 3.63) is 53.1 Å². The molecule has 170 valence electrons. The normalized spacial score (nSPS) is 14.2. The average molecular weight is 462 g/mol. The number of anilines is 1. The first-order chi connectivity index (χ1) is 15.1. The molecule has 1 aliphatic rings. The van der Waals surface area contributed by atoms with Gasteiger partial charge in [0.1, 0.15) is 9.84 Å². The largest absolute Gasteiger partial charge is 0.493 e. The van der Waals surface area contributed by atoms with E-state index in [1.54, 1.807) is 31.2 Å². The van der Waals surface area contributed by atoms with E-state index in [2.05, 4.69) is 5.32 Å². The second-order valence-electron chi connectivity index (χ2n) is 7.34. The minimum absolute atomic E-state index is 0.0322. The van der Waals surface area contributed by atoms with Gasteiger partial charge < -0.3 is 14.8 Å². The lowest BCUT2D eigenvalue weighted by Gasteiger charge is -2.27. The topological polar surface area (TPSA) is 119 Å². The van der Waals surface area contributed by atoms with Crippen LogP contribution < -0.4 is 14.8 Å². The number of sulfone groups is 1. The quantitative estimate of drug-likeness (QED) is 0.474. The van der Waals surface area contributed by atoms with Crippen molar-refractivity contribution in [3.63, 3.8) is 0 Å². The highest BCUT2D eigenvalue weighted by atomic mass is 32.2. The minimum Gasteiger partial charge on any atom is -0.493 e. The van der Waals surface area contributed by atoms with Crippen molar-refractivity contribution in [2.24, 2.45) is 0 Å². The van der Waals surface area contributed by atoms with Gasteiger partial charge in [0.05, 0.1) is 42.3 Å². The van der Waals surface area contributed by atoms with Gasteiger partial charge in [-0.2, -0.15) is 0 Å². The Bertz CT molecular complexity index is 1190. The highest BCUT2D eigenvalue weighted by molar-refractivity contribution is 7.90. The van der Waals surface area contributed by atoms with Gasteiger partial charge in [-0.15, -0.1) is 0 Å². The smallest absolute Gasteiger partial charge is 0.264 e. The third kappa shape index (κ3) is 4.59. The Morgan fingerprint density at radius 1 is 1.12 bits per heavy atom. The van der Waals surface area contributed by atoms with Crippen LogP contribution in [0.5, 0.6) is 11.5 Å². The van der Waals surface area contributed by atoms with E-state index in [1.165, 1.54) is 26.2 Å². The molecule has 0 aromatic heterocycles. The van der Waals surface area contributed by atoms with Crippen LogP contribution in [0.4, 0.5) is 5.69 Å². The number of hydrogen-bond donors (Lipinski definition) is 1. The number of carbonyl (C=O) groups excluding carboxylic acids is 3. The summed E-state index contributed by atoms with van der Waals surface area (Å²) < 4.78 is 35.3. The average Bonchev–Trinajstić information content (AvgIpc) is 2.96. The lowest BCUT2D eigenvalue weighted by atomic mass is 10.1. The van der Waals surface area contributed by atoms with Crippen LogP contribution in [0.1, 0.15) is 46.2 Å². The predicted molar refractivity (Wildman–Crippen MR) is 118 cm³/mol. The fourth-order valence-corrected chi connectivity index (χ4v) is 4.57. The molecule has 0 radical (unpaired) electrons. The van der Waals surface area contributed by atoms with E-state index in [0.29, 0.717) is 23.7 Å². The van der Waals surface area contributed by atoms with Crippen LogP contribution in [0.25, 0.3) is 0 Å². The molecule has 0 spiro atoms. The Labute approximate surface area is 186 Å². The molecule has 9 nitrogen and oxygen atoms in total. The zero-order valence-corrected chi connectivity index (χ0v) is 19.0. The van der Waals surface area contributed by atoms with Gasteiger partial charge in [-0.05, 0) is 36.8 Å². The van der Waals surface area contributed by atoms with E-state index in [4.69, 9.17) is 9.47 Å². The Morgan fingerprint density at radius 2 is 1.84 bits per heavy atom. The molecule has 1 heterocycles. The summed E-state index contributed by atoms with van der Waals surface area (Å²) in [5.74, 6) is -1.41. The summed E-state index contributed by atoms with van der Waals surface area (Å²) in [4.78, 5) is 39.1. The molecule has 32 heavy (non-hydrogen) atoms. The van der Waals surface area contributed by atoms with Crippen LogP contribution >= 0.6 is 0 Å². The molecule has 1 aliphatic heterocycles. The van der Waals surface area contributed by atoms with Gasteiger partial charge in [-0.1, -0.05) is 12.1 Å². The first kappa shape index (κ1) is 23.3. The van der Waals surface area contributed by atoms with Crippen LogP contribution in [0.2, 0.25) is 0 Å². The number of fused-ring (bicyclic) bond motifs is 1. The molecule has 1 N–H and O–H groups in total. The van der Waals surface area contributed by atoms with Crippen molar-refractivity contribution in [2.45, 2.75) is 19.9 Å². The van der Waals surface area contributed by atoms with Gasteiger partial charge in [0.2, 0.25) is 5.91 Å². The number of benzene rings is 2. The highest BCUT2D eigenvalue weighted by Gasteiger charge is 2.43. The molecule has 2 aromatic rings. The maximum absolute atomic E-state index is 13.3. The van der Waals surface area contributed by atoms with Crippen molar-refractivity contribution in [3.8, 4) is 11.5 Å². The van der Waals surface area contributed by atoms with Crippen molar-refractivity contribution in [1.82, 2.24) is 4.90 Å². The van der Waals surface area contributed by atoms with Crippen LogP contribution in [-0.4, -0.2) is 56.8 Å². The van der Waals surface area contributed by atoms with Crippen LogP contribution in [0, 0.1) is 0 Å². The second kappa shape index (κ2) is 8.99. The predicted octanol–water partition coefficient (Wildman–Crippen LogP) is 2.43. The van der Waals surface area contributed by atoms with Gasteiger partial charge in [-0.25, -0.2) is 8.42 Å². The maximum atomic E-state index is 13.3. The third-order valence-corrected chi connectivity index (χ3v) is 5.82. The Hall–Kier alpha value is -3.40. The summed E-state index contributed by atoms with van der Waals surface area (Å²) >= 11 is 0. The number of carbonyl (C=O) groups is 3. The lowest BCUT2D eigenvalue weighted by molar-refractivity contribution is -0.114.